The molecule has 0 aliphatic carbocycles. The molecular formula is C14H26N4O. The molecule has 1 heterocycles. The summed E-state index contributed by atoms with van der Waals surface area (Å²) in [5.74, 6) is 0.140. The third-order valence-electron chi connectivity index (χ3n) is 3.88. The Morgan fingerprint density at radius 2 is 2.21 bits per heavy atom. The number of nitriles is 1. The average molecular weight is 266 g/mol. The van der Waals surface area contributed by atoms with Crippen LogP contribution in [-0.2, 0) is 4.79 Å². The van der Waals surface area contributed by atoms with Gasteiger partial charge in [-0.15, -0.1) is 0 Å². The fraction of sp³-hybridized carbons (Fsp3) is 0.857. The van der Waals surface area contributed by atoms with Crippen LogP contribution in [0.2, 0.25) is 0 Å². The number of likely N-dealkylation sites (N-methyl/N-ethyl adjacent to an activating group) is 1. The first-order valence-electron chi connectivity index (χ1n) is 7.15. The van der Waals surface area contributed by atoms with E-state index >= 15 is 0 Å². The highest BCUT2D eigenvalue weighted by atomic mass is 16.2. The minimum atomic E-state index is 0.140. The molecule has 0 aromatic rings. The monoisotopic (exact) mass is 266 g/mol. The van der Waals surface area contributed by atoms with Crippen LogP contribution in [0, 0.1) is 11.3 Å². The number of hydrogen-bond acceptors (Lipinski definition) is 4. The van der Waals surface area contributed by atoms with Gasteiger partial charge in [0.2, 0.25) is 5.91 Å². The van der Waals surface area contributed by atoms with Crippen LogP contribution in [0.1, 0.15) is 26.7 Å². The van der Waals surface area contributed by atoms with Crippen molar-refractivity contribution in [3.8, 4) is 6.07 Å². The Balaban J connectivity index is 2.26. The van der Waals surface area contributed by atoms with Gasteiger partial charge in [-0.3, -0.25) is 9.69 Å². The van der Waals surface area contributed by atoms with E-state index in [0.717, 1.165) is 32.7 Å². The Kier molecular flexibility index (Phi) is 6.82. The number of carbonyl (C=O) groups is 1. The van der Waals surface area contributed by atoms with Crippen molar-refractivity contribution in [1.29, 1.82) is 5.26 Å². The largest absolute Gasteiger partial charge is 0.345 e. The standard InChI is InChI=1S/C14H26N4O/c1-4-18-11-10-17(12-13(18)2)9-6-14(19)16(3)8-5-7-15/h13H,4-6,8-12H2,1-3H3. The van der Waals surface area contributed by atoms with E-state index in [4.69, 9.17) is 5.26 Å². The molecule has 0 bridgehead atoms. The van der Waals surface area contributed by atoms with E-state index in [1.54, 1.807) is 11.9 Å². The predicted octanol–water partition coefficient (Wildman–Crippen LogP) is 0.775. The van der Waals surface area contributed by atoms with Crippen LogP contribution in [0.25, 0.3) is 0 Å². The molecule has 1 atom stereocenters. The topological polar surface area (TPSA) is 50.6 Å². The van der Waals surface area contributed by atoms with E-state index in [-0.39, 0.29) is 5.91 Å². The maximum atomic E-state index is 11.9. The lowest BCUT2D eigenvalue weighted by Gasteiger charge is -2.39. The van der Waals surface area contributed by atoms with Crippen molar-refractivity contribution in [3.63, 3.8) is 0 Å². The Morgan fingerprint density at radius 1 is 1.47 bits per heavy atom. The molecule has 1 aliphatic rings. The quantitative estimate of drug-likeness (QED) is 0.713. The molecule has 1 amide bonds. The average Bonchev–Trinajstić information content (AvgIpc) is 2.42. The van der Waals surface area contributed by atoms with Gasteiger partial charge in [0.25, 0.3) is 0 Å². The summed E-state index contributed by atoms with van der Waals surface area (Å²) >= 11 is 0. The van der Waals surface area contributed by atoms with Gasteiger partial charge >= 0.3 is 0 Å². The lowest BCUT2D eigenvalue weighted by atomic mass is 10.2. The van der Waals surface area contributed by atoms with E-state index in [2.05, 4.69) is 29.7 Å². The molecule has 0 aromatic heterocycles. The maximum Gasteiger partial charge on any atom is 0.223 e. The highest BCUT2D eigenvalue weighted by molar-refractivity contribution is 5.76. The molecule has 0 spiro atoms. The third kappa shape index (κ3) is 5.17. The smallest absolute Gasteiger partial charge is 0.223 e. The van der Waals surface area contributed by atoms with Crippen LogP contribution in [0.5, 0.6) is 0 Å². The first-order chi connectivity index (χ1) is 9.08. The maximum absolute atomic E-state index is 11.9. The molecular weight excluding hydrogens is 240 g/mol. The van der Waals surface area contributed by atoms with Crippen LogP contribution >= 0.6 is 0 Å². The Bertz CT molecular complexity index is 326. The zero-order valence-electron chi connectivity index (χ0n) is 12.4. The Labute approximate surface area is 116 Å². The second-order valence-corrected chi connectivity index (χ2v) is 5.25. The molecule has 5 heteroatoms. The molecule has 1 rings (SSSR count). The SMILES string of the molecule is CCN1CCN(CCC(=O)N(C)CCC#N)CC1C. The van der Waals surface area contributed by atoms with Crippen LogP contribution in [0.4, 0.5) is 0 Å². The Morgan fingerprint density at radius 3 is 2.79 bits per heavy atom. The van der Waals surface area contributed by atoms with E-state index in [1.807, 2.05) is 0 Å². The molecule has 0 N–H and O–H groups in total. The van der Waals surface area contributed by atoms with Gasteiger partial charge in [-0.1, -0.05) is 6.92 Å². The molecule has 108 valence electrons. The summed E-state index contributed by atoms with van der Waals surface area (Å²) in [6.45, 7) is 10.1. The van der Waals surface area contributed by atoms with E-state index in [1.165, 1.54) is 0 Å². The van der Waals surface area contributed by atoms with Gasteiger partial charge in [0.1, 0.15) is 0 Å². The molecule has 1 fully saturated rings. The molecule has 0 radical (unpaired) electrons. The van der Waals surface area contributed by atoms with Crippen molar-refractivity contribution in [2.45, 2.75) is 32.7 Å². The summed E-state index contributed by atoms with van der Waals surface area (Å²) in [7, 11) is 1.78. The number of hydrogen-bond donors (Lipinski definition) is 0. The molecule has 1 unspecified atom stereocenters. The van der Waals surface area contributed by atoms with E-state index in [0.29, 0.717) is 25.4 Å². The van der Waals surface area contributed by atoms with Crippen LogP contribution in [0.3, 0.4) is 0 Å². The van der Waals surface area contributed by atoms with Gasteiger partial charge < -0.3 is 9.80 Å². The van der Waals surface area contributed by atoms with Gasteiger partial charge in [-0.2, -0.15) is 5.26 Å². The summed E-state index contributed by atoms with van der Waals surface area (Å²) < 4.78 is 0. The third-order valence-corrected chi connectivity index (χ3v) is 3.88. The molecule has 1 saturated heterocycles. The van der Waals surface area contributed by atoms with Crippen molar-refractivity contribution >= 4 is 5.91 Å². The minimum Gasteiger partial charge on any atom is -0.345 e. The van der Waals surface area contributed by atoms with Crippen LogP contribution < -0.4 is 0 Å². The van der Waals surface area contributed by atoms with Gasteiger partial charge in [0, 0.05) is 52.2 Å². The van der Waals surface area contributed by atoms with Gasteiger partial charge in [0.15, 0.2) is 0 Å². The minimum absolute atomic E-state index is 0.140. The summed E-state index contributed by atoms with van der Waals surface area (Å²) in [5, 5.41) is 8.51. The molecule has 0 saturated carbocycles. The Hall–Kier alpha value is -1.12. The summed E-state index contributed by atoms with van der Waals surface area (Å²) in [6, 6.07) is 2.64. The zero-order chi connectivity index (χ0) is 14.3. The molecule has 0 aromatic carbocycles. The highest BCUT2D eigenvalue weighted by Crippen LogP contribution is 2.09. The molecule has 5 nitrogen and oxygen atoms in total. The lowest BCUT2D eigenvalue weighted by molar-refractivity contribution is -0.130. The van der Waals surface area contributed by atoms with Crippen molar-refractivity contribution < 1.29 is 4.79 Å². The van der Waals surface area contributed by atoms with Gasteiger partial charge in [-0.25, -0.2) is 0 Å². The van der Waals surface area contributed by atoms with E-state index < -0.39 is 0 Å². The molecule has 19 heavy (non-hydrogen) atoms. The van der Waals surface area contributed by atoms with Gasteiger partial charge in [-0.05, 0) is 13.5 Å². The van der Waals surface area contributed by atoms with Crippen molar-refractivity contribution in [2.24, 2.45) is 0 Å². The number of amides is 1. The summed E-state index contributed by atoms with van der Waals surface area (Å²) in [5.41, 5.74) is 0. The second kappa shape index (κ2) is 8.13. The van der Waals surface area contributed by atoms with Crippen molar-refractivity contribution in [3.05, 3.63) is 0 Å². The van der Waals surface area contributed by atoms with Crippen LogP contribution in [0.15, 0.2) is 0 Å². The fourth-order valence-corrected chi connectivity index (χ4v) is 2.53. The predicted molar refractivity (Wildman–Crippen MR) is 75.6 cm³/mol. The zero-order valence-corrected chi connectivity index (χ0v) is 12.4. The second-order valence-electron chi connectivity index (χ2n) is 5.25. The van der Waals surface area contributed by atoms with Crippen molar-refractivity contribution in [1.82, 2.24) is 14.7 Å². The lowest BCUT2D eigenvalue weighted by Crippen LogP contribution is -2.52. The highest BCUT2D eigenvalue weighted by Gasteiger charge is 2.22. The summed E-state index contributed by atoms with van der Waals surface area (Å²) in [4.78, 5) is 18.4. The number of carbonyl (C=O) groups excluding carboxylic acids is 1. The van der Waals surface area contributed by atoms with Crippen LogP contribution in [-0.4, -0.2) is 73.0 Å². The number of rotatable bonds is 6. The number of nitrogens with zero attached hydrogens (tertiary/aromatic N) is 4. The van der Waals surface area contributed by atoms with Crippen molar-refractivity contribution in [2.75, 3.05) is 46.3 Å². The normalized spacial score (nSPS) is 21.1. The fourth-order valence-electron chi connectivity index (χ4n) is 2.53. The number of piperazine rings is 1. The first kappa shape index (κ1) is 15.9. The first-order valence-corrected chi connectivity index (χ1v) is 7.15. The molecule has 1 aliphatic heterocycles. The van der Waals surface area contributed by atoms with E-state index in [9.17, 15) is 4.79 Å². The van der Waals surface area contributed by atoms with Gasteiger partial charge in [0.05, 0.1) is 12.5 Å². The summed E-state index contributed by atoms with van der Waals surface area (Å²) in [6.07, 6.45) is 0.967.